The van der Waals surface area contributed by atoms with Crippen LogP contribution in [0.15, 0.2) is 30.3 Å². The predicted molar refractivity (Wildman–Crippen MR) is 82.0 cm³/mol. The first kappa shape index (κ1) is 14.5. The number of carbonyl (C=O) groups is 1. The van der Waals surface area contributed by atoms with Gasteiger partial charge < -0.3 is 15.0 Å². The first-order chi connectivity index (χ1) is 10.2. The minimum absolute atomic E-state index is 0.0472. The Morgan fingerprint density at radius 2 is 2.24 bits per heavy atom. The number of rotatable bonds is 5. The lowest BCUT2D eigenvalue weighted by Gasteiger charge is -2.26. The number of hydrogen-bond acceptors (Lipinski definition) is 3. The van der Waals surface area contributed by atoms with Gasteiger partial charge in [-0.25, -0.2) is 0 Å². The summed E-state index contributed by atoms with van der Waals surface area (Å²) in [5.41, 5.74) is 1.31. The van der Waals surface area contributed by atoms with Gasteiger partial charge in [-0.3, -0.25) is 4.79 Å². The molecule has 0 bridgehead atoms. The van der Waals surface area contributed by atoms with E-state index in [0.29, 0.717) is 18.9 Å². The molecular formula is C17H24N2O2. The number of amides is 1. The van der Waals surface area contributed by atoms with E-state index in [2.05, 4.69) is 29.4 Å². The predicted octanol–water partition coefficient (Wildman–Crippen LogP) is 1.31. The van der Waals surface area contributed by atoms with Crippen molar-refractivity contribution >= 4 is 5.91 Å². The normalized spacial score (nSPS) is 28.5. The Balaban J connectivity index is 1.48. The molecule has 2 aliphatic rings. The number of hydrogen-bond donors (Lipinski definition) is 1. The maximum Gasteiger partial charge on any atom is 0.220 e. The molecule has 4 heteroatoms. The molecule has 3 rings (SSSR count). The van der Waals surface area contributed by atoms with Gasteiger partial charge in [0, 0.05) is 37.4 Å². The van der Waals surface area contributed by atoms with E-state index >= 15 is 0 Å². The van der Waals surface area contributed by atoms with Crippen LogP contribution in [0.4, 0.5) is 0 Å². The molecule has 1 aromatic carbocycles. The smallest absolute Gasteiger partial charge is 0.220 e. The molecule has 0 spiro atoms. The topological polar surface area (TPSA) is 41.6 Å². The van der Waals surface area contributed by atoms with Crippen LogP contribution in [0, 0.1) is 11.3 Å². The first-order valence-corrected chi connectivity index (χ1v) is 7.75. The number of carbonyl (C=O) groups excluding carboxylic acids is 1. The Hall–Kier alpha value is -1.39. The summed E-state index contributed by atoms with van der Waals surface area (Å²) in [4.78, 5) is 14.6. The Morgan fingerprint density at radius 3 is 3.05 bits per heavy atom. The van der Waals surface area contributed by atoms with Crippen molar-refractivity contribution in [2.24, 2.45) is 11.3 Å². The summed E-state index contributed by atoms with van der Waals surface area (Å²) in [6, 6.07) is 10.3. The second-order valence-corrected chi connectivity index (χ2v) is 6.53. The van der Waals surface area contributed by atoms with Crippen LogP contribution in [0.2, 0.25) is 0 Å². The van der Waals surface area contributed by atoms with Crippen LogP contribution < -0.4 is 5.32 Å². The van der Waals surface area contributed by atoms with E-state index in [1.54, 1.807) is 0 Å². The Kier molecular flexibility index (Phi) is 4.27. The number of nitrogens with one attached hydrogen (secondary N) is 1. The van der Waals surface area contributed by atoms with E-state index in [-0.39, 0.29) is 11.3 Å². The lowest BCUT2D eigenvalue weighted by molar-refractivity contribution is -0.123. The average Bonchev–Trinajstić information content (AvgIpc) is 2.95. The minimum atomic E-state index is 0.0472. The Morgan fingerprint density at radius 1 is 1.43 bits per heavy atom. The van der Waals surface area contributed by atoms with Crippen molar-refractivity contribution in [2.75, 3.05) is 39.9 Å². The Labute approximate surface area is 126 Å². The third-order valence-corrected chi connectivity index (χ3v) is 4.78. The van der Waals surface area contributed by atoms with Gasteiger partial charge in [-0.2, -0.15) is 0 Å². The largest absolute Gasteiger partial charge is 0.380 e. The van der Waals surface area contributed by atoms with E-state index in [0.717, 1.165) is 32.7 Å². The van der Waals surface area contributed by atoms with Gasteiger partial charge in [0.05, 0.1) is 13.2 Å². The van der Waals surface area contributed by atoms with Gasteiger partial charge in [0.15, 0.2) is 0 Å². The molecule has 2 aliphatic heterocycles. The maximum atomic E-state index is 12.2. The third-order valence-electron chi connectivity index (χ3n) is 4.78. The number of ether oxygens (including phenoxy) is 1. The molecule has 4 nitrogen and oxygen atoms in total. The summed E-state index contributed by atoms with van der Waals surface area (Å²) in [5, 5.41) is 3.07. The van der Waals surface area contributed by atoms with Gasteiger partial charge in [0.1, 0.15) is 0 Å². The van der Waals surface area contributed by atoms with Gasteiger partial charge in [0.2, 0.25) is 5.91 Å². The van der Waals surface area contributed by atoms with Gasteiger partial charge in [-0.15, -0.1) is 0 Å². The molecule has 0 unspecified atom stereocenters. The standard InChI is InChI=1S/C17H24N2O2/c1-19-10-15-11-21-13-17(15,12-19)9-16(20)18-8-7-14-5-3-2-4-6-14/h2-6,15H,7-13H2,1H3,(H,18,20)/t15-,17+/m0/s1. The number of likely N-dealkylation sites (tertiary alicyclic amines) is 1. The van der Waals surface area contributed by atoms with E-state index in [1.165, 1.54) is 5.56 Å². The van der Waals surface area contributed by atoms with E-state index < -0.39 is 0 Å². The van der Waals surface area contributed by atoms with Gasteiger partial charge >= 0.3 is 0 Å². The fourth-order valence-corrected chi connectivity index (χ4v) is 3.72. The number of benzene rings is 1. The highest BCUT2D eigenvalue weighted by Gasteiger charge is 2.50. The SMILES string of the molecule is CN1C[C@H]2COC[C@@]2(CC(=O)NCCc2ccccc2)C1. The zero-order valence-electron chi connectivity index (χ0n) is 12.7. The van der Waals surface area contributed by atoms with Crippen LogP contribution in [-0.4, -0.2) is 50.7 Å². The Bertz CT molecular complexity index is 491. The van der Waals surface area contributed by atoms with Crippen molar-refractivity contribution in [3.05, 3.63) is 35.9 Å². The lowest BCUT2D eigenvalue weighted by Crippen LogP contribution is -2.37. The highest BCUT2D eigenvalue weighted by Crippen LogP contribution is 2.43. The fraction of sp³-hybridized carbons (Fsp3) is 0.588. The molecule has 1 aromatic rings. The number of fused-ring (bicyclic) bond motifs is 1. The molecule has 114 valence electrons. The summed E-state index contributed by atoms with van der Waals surface area (Å²) in [5.74, 6) is 0.680. The van der Waals surface area contributed by atoms with Crippen molar-refractivity contribution in [3.8, 4) is 0 Å². The quantitative estimate of drug-likeness (QED) is 0.888. The maximum absolute atomic E-state index is 12.2. The molecule has 0 aromatic heterocycles. The molecule has 0 aliphatic carbocycles. The molecule has 21 heavy (non-hydrogen) atoms. The average molecular weight is 288 g/mol. The monoisotopic (exact) mass is 288 g/mol. The second kappa shape index (κ2) is 6.16. The van der Waals surface area contributed by atoms with Crippen molar-refractivity contribution in [3.63, 3.8) is 0 Å². The first-order valence-electron chi connectivity index (χ1n) is 7.75. The lowest BCUT2D eigenvalue weighted by atomic mass is 9.78. The van der Waals surface area contributed by atoms with Crippen LogP contribution in [0.5, 0.6) is 0 Å². The molecule has 2 saturated heterocycles. The zero-order valence-corrected chi connectivity index (χ0v) is 12.7. The fourth-order valence-electron chi connectivity index (χ4n) is 3.72. The molecule has 2 atom stereocenters. The molecule has 1 N–H and O–H groups in total. The highest BCUT2D eigenvalue weighted by atomic mass is 16.5. The molecule has 2 fully saturated rings. The summed E-state index contributed by atoms with van der Waals surface area (Å²) < 4.78 is 5.63. The highest BCUT2D eigenvalue weighted by molar-refractivity contribution is 5.77. The van der Waals surface area contributed by atoms with E-state index in [9.17, 15) is 4.79 Å². The third kappa shape index (κ3) is 3.27. The van der Waals surface area contributed by atoms with Crippen molar-refractivity contribution in [1.29, 1.82) is 0 Å². The summed E-state index contributed by atoms with van der Waals surface area (Å²) in [6.07, 6.45) is 1.48. The van der Waals surface area contributed by atoms with Crippen LogP contribution >= 0.6 is 0 Å². The summed E-state index contributed by atoms with van der Waals surface area (Å²) in [7, 11) is 2.13. The van der Waals surface area contributed by atoms with Crippen LogP contribution in [-0.2, 0) is 16.0 Å². The molecule has 0 radical (unpaired) electrons. The number of nitrogens with zero attached hydrogens (tertiary/aromatic N) is 1. The molecule has 0 saturated carbocycles. The zero-order chi connectivity index (χ0) is 14.7. The van der Waals surface area contributed by atoms with Gasteiger partial charge in [-0.1, -0.05) is 30.3 Å². The minimum Gasteiger partial charge on any atom is -0.380 e. The molecule has 1 amide bonds. The molecule has 2 heterocycles. The van der Waals surface area contributed by atoms with E-state index in [4.69, 9.17) is 4.74 Å². The van der Waals surface area contributed by atoms with Crippen LogP contribution in [0.3, 0.4) is 0 Å². The van der Waals surface area contributed by atoms with Crippen molar-refractivity contribution in [1.82, 2.24) is 10.2 Å². The summed E-state index contributed by atoms with van der Waals surface area (Å²) in [6.45, 7) is 4.27. The molecular weight excluding hydrogens is 264 g/mol. The van der Waals surface area contributed by atoms with E-state index in [1.807, 2.05) is 18.2 Å². The van der Waals surface area contributed by atoms with Crippen LogP contribution in [0.1, 0.15) is 12.0 Å². The van der Waals surface area contributed by atoms with Crippen molar-refractivity contribution in [2.45, 2.75) is 12.8 Å². The van der Waals surface area contributed by atoms with Gasteiger partial charge in [0.25, 0.3) is 0 Å². The van der Waals surface area contributed by atoms with Crippen LogP contribution in [0.25, 0.3) is 0 Å². The second-order valence-electron chi connectivity index (χ2n) is 6.53. The van der Waals surface area contributed by atoms with Gasteiger partial charge in [-0.05, 0) is 19.0 Å². The summed E-state index contributed by atoms with van der Waals surface area (Å²) >= 11 is 0. The van der Waals surface area contributed by atoms with Crippen molar-refractivity contribution < 1.29 is 9.53 Å².